The van der Waals surface area contributed by atoms with E-state index in [9.17, 15) is 4.79 Å². The highest BCUT2D eigenvalue weighted by Gasteiger charge is 2.12. The average Bonchev–Trinajstić information content (AvgIpc) is 2.29. The van der Waals surface area contributed by atoms with E-state index in [1.54, 1.807) is 24.3 Å². The van der Waals surface area contributed by atoms with Crippen LogP contribution in [0.5, 0.6) is 0 Å². The Hall–Kier alpha value is -1.85. The number of aliphatic hydroxyl groups excluding tert-OH is 2. The zero-order valence-electron chi connectivity index (χ0n) is 8.43. The van der Waals surface area contributed by atoms with E-state index in [0.717, 1.165) is 0 Å². The predicted octanol–water partition coefficient (Wildman–Crippen LogP) is 0.647. The highest BCUT2D eigenvalue weighted by atomic mass is 16.4. The summed E-state index contributed by atoms with van der Waals surface area (Å²) in [5.74, 6) is 0. The molecule has 0 aliphatic heterocycles. The molecule has 0 atom stereocenters. The summed E-state index contributed by atoms with van der Waals surface area (Å²) in [7, 11) is 0. The van der Waals surface area contributed by atoms with Gasteiger partial charge in [0.2, 0.25) is 0 Å². The second kappa shape index (κ2) is 4.34. The fraction of sp³-hybridized carbons (Fsp3) is 0.182. The zero-order valence-corrected chi connectivity index (χ0v) is 8.43. The van der Waals surface area contributed by atoms with Gasteiger partial charge in [-0.2, -0.15) is 0 Å². The first-order valence-electron chi connectivity index (χ1n) is 4.78. The third kappa shape index (κ3) is 1.66. The Kier molecular flexibility index (Phi) is 2.89. The summed E-state index contributed by atoms with van der Waals surface area (Å²) in [6.45, 7) is -0.754. The second-order valence-electron chi connectivity index (χ2n) is 3.23. The van der Waals surface area contributed by atoms with Gasteiger partial charge in [0.1, 0.15) is 12.3 Å². The van der Waals surface area contributed by atoms with Crippen LogP contribution in [0.25, 0.3) is 11.0 Å². The lowest BCUT2D eigenvalue weighted by Gasteiger charge is -2.09. The Bertz CT molecular complexity index is 561. The molecule has 3 N–H and O–H groups in total. The largest absolute Gasteiger partial charge is 0.422 e. The Morgan fingerprint density at radius 1 is 1.25 bits per heavy atom. The normalized spacial score (nSPS) is 10.6. The van der Waals surface area contributed by atoms with Crippen LogP contribution >= 0.6 is 0 Å². The standard InChI is InChI=1S/C11H11NO4/c13-5-8-10(12-6-14)7-3-1-2-4-9(7)16-11(8)15/h1-4,12-14H,5-6H2. The molecule has 0 fully saturated rings. The lowest BCUT2D eigenvalue weighted by atomic mass is 10.1. The SMILES string of the molecule is O=c1oc2ccccc2c(NCO)c1CO. The molecule has 1 aromatic heterocycles. The van der Waals surface area contributed by atoms with Crippen molar-refractivity contribution in [3.63, 3.8) is 0 Å². The maximum absolute atomic E-state index is 11.5. The quantitative estimate of drug-likeness (QED) is 0.523. The first-order chi connectivity index (χ1) is 7.77. The Morgan fingerprint density at radius 3 is 2.69 bits per heavy atom. The molecule has 0 bridgehead atoms. The summed E-state index contributed by atoms with van der Waals surface area (Å²) >= 11 is 0. The van der Waals surface area contributed by atoms with E-state index in [-0.39, 0.29) is 12.3 Å². The molecule has 0 spiro atoms. The highest BCUT2D eigenvalue weighted by Crippen LogP contribution is 2.24. The van der Waals surface area contributed by atoms with Gasteiger partial charge < -0.3 is 19.9 Å². The molecular weight excluding hydrogens is 210 g/mol. The van der Waals surface area contributed by atoms with E-state index in [2.05, 4.69) is 5.32 Å². The first kappa shape index (κ1) is 10.7. The minimum atomic E-state index is -0.600. The molecule has 0 aliphatic rings. The molecule has 0 amide bonds. The number of nitrogens with one attached hydrogen (secondary N) is 1. The van der Waals surface area contributed by atoms with Gasteiger partial charge in [-0.05, 0) is 12.1 Å². The number of fused-ring (bicyclic) bond motifs is 1. The number of para-hydroxylation sites is 1. The molecular formula is C11H11NO4. The summed E-state index contributed by atoms with van der Waals surface area (Å²) in [6, 6.07) is 6.93. The van der Waals surface area contributed by atoms with Crippen LogP contribution < -0.4 is 10.9 Å². The fourth-order valence-corrected chi connectivity index (χ4v) is 1.61. The van der Waals surface area contributed by atoms with Crippen molar-refractivity contribution >= 4 is 16.7 Å². The third-order valence-electron chi connectivity index (χ3n) is 2.32. The zero-order chi connectivity index (χ0) is 11.5. The topological polar surface area (TPSA) is 82.7 Å². The van der Waals surface area contributed by atoms with Crippen molar-refractivity contribution in [1.82, 2.24) is 0 Å². The monoisotopic (exact) mass is 221 g/mol. The Balaban J connectivity index is 2.81. The van der Waals surface area contributed by atoms with E-state index in [1.807, 2.05) is 0 Å². The molecule has 2 aromatic rings. The number of hydrogen-bond donors (Lipinski definition) is 3. The lowest BCUT2D eigenvalue weighted by molar-refractivity contribution is 0.276. The first-order valence-corrected chi connectivity index (χ1v) is 4.78. The van der Waals surface area contributed by atoms with Crippen molar-refractivity contribution in [2.24, 2.45) is 0 Å². The van der Waals surface area contributed by atoms with Crippen LogP contribution in [-0.2, 0) is 6.61 Å². The average molecular weight is 221 g/mol. The van der Waals surface area contributed by atoms with E-state index in [0.29, 0.717) is 16.7 Å². The van der Waals surface area contributed by atoms with Crippen LogP contribution in [0, 0.1) is 0 Å². The van der Waals surface area contributed by atoms with Gasteiger partial charge in [0.15, 0.2) is 0 Å². The third-order valence-corrected chi connectivity index (χ3v) is 2.32. The molecule has 1 heterocycles. The summed E-state index contributed by atoms with van der Waals surface area (Å²) in [4.78, 5) is 11.5. The van der Waals surface area contributed by atoms with Crippen molar-refractivity contribution in [2.45, 2.75) is 6.61 Å². The van der Waals surface area contributed by atoms with Crippen LogP contribution in [0.3, 0.4) is 0 Å². The van der Waals surface area contributed by atoms with Crippen LogP contribution in [0.1, 0.15) is 5.56 Å². The summed E-state index contributed by atoms with van der Waals surface area (Å²) in [5.41, 5.74) is 0.349. The van der Waals surface area contributed by atoms with Gasteiger partial charge in [-0.15, -0.1) is 0 Å². The molecule has 0 radical (unpaired) electrons. The van der Waals surface area contributed by atoms with E-state index in [1.165, 1.54) is 0 Å². The molecule has 0 saturated heterocycles. The summed E-state index contributed by atoms with van der Waals surface area (Å²) in [6.07, 6.45) is 0. The minimum absolute atomic E-state index is 0.118. The fourth-order valence-electron chi connectivity index (χ4n) is 1.61. The van der Waals surface area contributed by atoms with Crippen LogP contribution in [0.2, 0.25) is 0 Å². The predicted molar refractivity (Wildman–Crippen MR) is 59.1 cm³/mol. The smallest absolute Gasteiger partial charge is 0.343 e. The van der Waals surface area contributed by atoms with E-state index >= 15 is 0 Å². The Labute approximate surface area is 90.9 Å². The molecule has 5 nitrogen and oxygen atoms in total. The summed E-state index contributed by atoms with van der Waals surface area (Å²) < 4.78 is 5.03. The molecule has 1 aromatic carbocycles. The van der Waals surface area contributed by atoms with Gasteiger partial charge >= 0.3 is 5.63 Å². The van der Waals surface area contributed by atoms with Crippen molar-refractivity contribution in [1.29, 1.82) is 0 Å². The Morgan fingerprint density at radius 2 is 2.00 bits per heavy atom. The molecule has 16 heavy (non-hydrogen) atoms. The maximum atomic E-state index is 11.5. The van der Waals surface area contributed by atoms with Gasteiger partial charge in [0.05, 0.1) is 17.9 Å². The number of aliphatic hydroxyl groups is 2. The van der Waals surface area contributed by atoms with Gasteiger partial charge in [0.25, 0.3) is 0 Å². The number of benzene rings is 1. The van der Waals surface area contributed by atoms with E-state index < -0.39 is 12.2 Å². The van der Waals surface area contributed by atoms with Crippen LogP contribution in [0.4, 0.5) is 5.69 Å². The highest BCUT2D eigenvalue weighted by molar-refractivity contribution is 5.91. The lowest BCUT2D eigenvalue weighted by Crippen LogP contribution is -2.13. The van der Waals surface area contributed by atoms with Crippen LogP contribution in [-0.4, -0.2) is 16.9 Å². The second-order valence-corrected chi connectivity index (χ2v) is 3.23. The number of rotatable bonds is 3. The minimum Gasteiger partial charge on any atom is -0.422 e. The summed E-state index contributed by atoms with van der Waals surface area (Å²) in [5, 5.41) is 21.3. The molecule has 84 valence electrons. The van der Waals surface area contributed by atoms with Gasteiger partial charge in [-0.25, -0.2) is 4.79 Å². The van der Waals surface area contributed by atoms with Gasteiger partial charge in [-0.1, -0.05) is 12.1 Å². The molecule has 5 heteroatoms. The van der Waals surface area contributed by atoms with Crippen molar-refractivity contribution in [2.75, 3.05) is 12.0 Å². The van der Waals surface area contributed by atoms with Crippen molar-refractivity contribution in [3.8, 4) is 0 Å². The van der Waals surface area contributed by atoms with E-state index in [4.69, 9.17) is 14.6 Å². The van der Waals surface area contributed by atoms with Crippen LogP contribution in [0.15, 0.2) is 33.5 Å². The molecule has 0 unspecified atom stereocenters. The maximum Gasteiger partial charge on any atom is 0.343 e. The number of hydrogen-bond acceptors (Lipinski definition) is 5. The molecule has 0 saturated carbocycles. The van der Waals surface area contributed by atoms with Gasteiger partial charge in [-0.3, -0.25) is 0 Å². The van der Waals surface area contributed by atoms with Gasteiger partial charge in [0, 0.05) is 5.39 Å². The number of anilines is 1. The van der Waals surface area contributed by atoms with Crippen molar-refractivity contribution < 1.29 is 14.6 Å². The molecule has 0 aliphatic carbocycles. The van der Waals surface area contributed by atoms with Crippen molar-refractivity contribution in [3.05, 3.63) is 40.2 Å². The molecule has 2 rings (SSSR count).